The highest BCUT2D eigenvalue weighted by molar-refractivity contribution is 7.99. The molecule has 0 radical (unpaired) electrons. The van der Waals surface area contributed by atoms with Crippen molar-refractivity contribution < 1.29 is 13.2 Å². The van der Waals surface area contributed by atoms with E-state index in [0.29, 0.717) is 5.69 Å². The predicted molar refractivity (Wildman–Crippen MR) is 107 cm³/mol. The van der Waals surface area contributed by atoms with Crippen molar-refractivity contribution in [2.75, 3.05) is 24.2 Å². The summed E-state index contributed by atoms with van der Waals surface area (Å²) in [6.45, 7) is 2.41. The lowest BCUT2D eigenvalue weighted by atomic mass is 10.2. The van der Waals surface area contributed by atoms with Crippen molar-refractivity contribution in [1.29, 1.82) is 0 Å². The van der Waals surface area contributed by atoms with Crippen LogP contribution >= 0.6 is 11.8 Å². The maximum Gasteiger partial charge on any atom is 0.240 e. The van der Waals surface area contributed by atoms with E-state index in [0.717, 1.165) is 5.75 Å². The van der Waals surface area contributed by atoms with Crippen LogP contribution in [0.2, 0.25) is 0 Å². The first kappa shape index (κ1) is 20.4. The van der Waals surface area contributed by atoms with Crippen LogP contribution in [0.5, 0.6) is 0 Å². The lowest BCUT2D eigenvalue weighted by Crippen LogP contribution is -2.29. The molecule has 0 aromatic heterocycles. The van der Waals surface area contributed by atoms with Gasteiger partial charge in [0.15, 0.2) is 0 Å². The van der Waals surface area contributed by atoms with Gasteiger partial charge in [0.2, 0.25) is 15.9 Å². The molecule has 1 amide bonds. The van der Waals surface area contributed by atoms with Gasteiger partial charge in [-0.05, 0) is 30.7 Å². The van der Waals surface area contributed by atoms with Crippen LogP contribution in [0.3, 0.4) is 0 Å². The molecule has 0 atom stereocenters. The normalized spacial score (nSPS) is 11.3. The van der Waals surface area contributed by atoms with Gasteiger partial charge in [-0.15, -0.1) is 11.8 Å². The molecule has 8 heteroatoms. The third-order valence-electron chi connectivity index (χ3n) is 3.45. The molecular formula is C18H23N3O3S2. The number of nitrogens with one attached hydrogen (secondary N) is 2. The summed E-state index contributed by atoms with van der Waals surface area (Å²) in [4.78, 5) is 12.2. The van der Waals surface area contributed by atoms with E-state index in [1.807, 2.05) is 25.1 Å². The molecule has 2 aromatic rings. The zero-order valence-electron chi connectivity index (χ0n) is 14.6. The first-order valence-corrected chi connectivity index (χ1v) is 10.8. The number of hydrogen-bond donors (Lipinski definition) is 3. The largest absolute Gasteiger partial charge is 0.329 e. The zero-order valence-corrected chi connectivity index (χ0v) is 16.2. The summed E-state index contributed by atoms with van der Waals surface area (Å²) in [5, 5.41) is 2.73. The Balaban J connectivity index is 1.89. The second kappa shape index (κ2) is 9.72. The SMILES string of the molecule is Cc1cccc(CSCC(=O)Nc2cccc(S(=O)(=O)NCCN)c2)c1. The van der Waals surface area contributed by atoms with Gasteiger partial charge in [0.05, 0.1) is 10.6 Å². The van der Waals surface area contributed by atoms with Crippen LogP contribution in [0.4, 0.5) is 5.69 Å². The number of amides is 1. The van der Waals surface area contributed by atoms with Crippen molar-refractivity contribution in [2.45, 2.75) is 17.6 Å². The van der Waals surface area contributed by atoms with Crippen LogP contribution < -0.4 is 15.8 Å². The van der Waals surface area contributed by atoms with Crippen molar-refractivity contribution in [3.63, 3.8) is 0 Å². The monoisotopic (exact) mass is 393 g/mol. The van der Waals surface area contributed by atoms with Crippen LogP contribution in [-0.4, -0.2) is 33.2 Å². The molecule has 0 saturated carbocycles. The van der Waals surface area contributed by atoms with E-state index in [-0.39, 0.29) is 29.6 Å². The number of sulfonamides is 1. The number of rotatable bonds is 9. The number of carbonyl (C=O) groups is 1. The van der Waals surface area contributed by atoms with Gasteiger partial charge in [-0.3, -0.25) is 4.79 Å². The molecule has 0 bridgehead atoms. The first-order chi connectivity index (χ1) is 12.4. The second-order valence-corrected chi connectivity index (χ2v) is 8.50. The Morgan fingerprint density at radius 3 is 2.65 bits per heavy atom. The third kappa shape index (κ3) is 6.45. The summed E-state index contributed by atoms with van der Waals surface area (Å²) < 4.78 is 26.6. The van der Waals surface area contributed by atoms with Gasteiger partial charge in [-0.25, -0.2) is 13.1 Å². The van der Waals surface area contributed by atoms with E-state index < -0.39 is 10.0 Å². The van der Waals surface area contributed by atoms with Crippen molar-refractivity contribution in [3.05, 3.63) is 59.7 Å². The number of carbonyl (C=O) groups excluding carboxylic acids is 1. The summed E-state index contributed by atoms with van der Waals surface area (Å²) >= 11 is 1.51. The topological polar surface area (TPSA) is 101 Å². The third-order valence-corrected chi connectivity index (χ3v) is 5.91. The fraction of sp³-hybridized carbons (Fsp3) is 0.278. The van der Waals surface area contributed by atoms with Crippen molar-refractivity contribution in [3.8, 4) is 0 Å². The summed E-state index contributed by atoms with van der Waals surface area (Å²) in [5.74, 6) is 0.857. The van der Waals surface area contributed by atoms with Gasteiger partial charge in [0.1, 0.15) is 0 Å². The average molecular weight is 394 g/mol. The molecule has 26 heavy (non-hydrogen) atoms. The van der Waals surface area contributed by atoms with Gasteiger partial charge >= 0.3 is 0 Å². The Kier molecular flexibility index (Phi) is 7.65. The molecule has 2 aromatic carbocycles. The van der Waals surface area contributed by atoms with E-state index >= 15 is 0 Å². The molecule has 0 spiro atoms. The summed E-state index contributed by atoms with van der Waals surface area (Å²) in [6.07, 6.45) is 0. The fourth-order valence-corrected chi connectivity index (χ4v) is 4.15. The molecule has 0 aliphatic heterocycles. The van der Waals surface area contributed by atoms with E-state index in [1.165, 1.54) is 35.0 Å². The Morgan fingerprint density at radius 2 is 1.92 bits per heavy atom. The first-order valence-electron chi connectivity index (χ1n) is 8.13. The fourth-order valence-electron chi connectivity index (χ4n) is 2.28. The minimum absolute atomic E-state index is 0.0937. The zero-order chi connectivity index (χ0) is 19.0. The van der Waals surface area contributed by atoms with Gasteiger partial charge in [0, 0.05) is 24.5 Å². The summed E-state index contributed by atoms with van der Waals surface area (Å²) in [5.41, 5.74) is 8.12. The molecule has 0 unspecified atom stereocenters. The Labute approximate surface area is 158 Å². The molecule has 0 saturated heterocycles. The Hall–Kier alpha value is -1.87. The molecule has 0 heterocycles. The Bertz CT molecular complexity index is 854. The molecule has 0 aliphatic carbocycles. The molecular weight excluding hydrogens is 370 g/mol. The Morgan fingerprint density at radius 1 is 1.15 bits per heavy atom. The number of aryl methyl sites for hydroxylation is 1. The summed E-state index contributed by atoms with van der Waals surface area (Å²) in [6, 6.07) is 14.3. The van der Waals surface area contributed by atoms with Crippen molar-refractivity contribution in [2.24, 2.45) is 5.73 Å². The minimum Gasteiger partial charge on any atom is -0.329 e. The second-order valence-electron chi connectivity index (χ2n) is 5.74. The number of benzene rings is 2. The number of thioether (sulfide) groups is 1. The van der Waals surface area contributed by atoms with E-state index in [4.69, 9.17) is 5.73 Å². The average Bonchev–Trinajstić information content (AvgIpc) is 2.60. The summed E-state index contributed by atoms with van der Waals surface area (Å²) in [7, 11) is -3.62. The lowest BCUT2D eigenvalue weighted by Gasteiger charge is -2.09. The van der Waals surface area contributed by atoms with Gasteiger partial charge in [0.25, 0.3) is 0 Å². The highest BCUT2D eigenvalue weighted by Crippen LogP contribution is 2.17. The molecule has 140 valence electrons. The predicted octanol–water partition coefficient (Wildman–Crippen LogP) is 2.10. The van der Waals surface area contributed by atoms with Crippen LogP contribution in [0.15, 0.2) is 53.4 Å². The van der Waals surface area contributed by atoms with Gasteiger partial charge in [-0.1, -0.05) is 35.9 Å². The standard InChI is InChI=1S/C18H23N3O3S2/c1-14-4-2-5-15(10-14)12-25-13-18(22)21-16-6-3-7-17(11-16)26(23,24)20-9-8-19/h2-7,10-11,20H,8-9,12-13,19H2,1H3,(H,21,22). The molecule has 4 N–H and O–H groups in total. The van der Waals surface area contributed by atoms with E-state index in [2.05, 4.69) is 16.1 Å². The van der Waals surface area contributed by atoms with Crippen LogP contribution in [-0.2, 0) is 20.6 Å². The van der Waals surface area contributed by atoms with Gasteiger partial charge < -0.3 is 11.1 Å². The van der Waals surface area contributed by atoms with Crippen LogP contribution in [0.25, 0.3) is 0 Å². The van der Waals surface area contributed by atoms with Crippen molar-refractivity contribution in [1.82, 2.24) is 4.72 Å². The minimum atomic E-state index is -3.62. The number of anilines is 1. The molecule has 6 nitrogen and oxygen atoms in total. The van der Waals surface area contributed by atoms with Crippen molar-refractivity contribution >= 4 is 33.4 Å². The molecule has 0 aliphatic rings. The highest BCUT2D eigenvalue weighted by atomic mass is 32.2. The maximum absolute atomic E-state index is 12.1. The molecule has 0 fully saturated rings. The molecule has 2 rings (SSSR count). The van der Waals surface area contributed by atoms with E-state index in [1.54, 1.807) is 12.1 Å². The lowest BCUT2D eigenvalue weighted by molar-refractivity contribution is -0.113. The number of hydrogen-bond acceptors (Lipinski definition) is 5. The van der Waals surface area contributed by atoms with E-state index in [9.17, 15) is 13.2 Å². The highest BCUT2D eigenvalue weighted by Gasteiger charge is 2.14. The smallest absolute Gasteiger partial charge is 0.240 e. The number of nitrogens with two attached hydrogens (primary N) is 1. The quantitative estimate of drug-likeness (QED) is 0.606. The van der Waals surface area contributed by atoms with Crippen LogP contribution in [0, 0.1) is 6.92 Å². The van der Waals surface area contributed by atoms with Crippen LogP contribution in [0.1, 0.15) is 11.1 Å². The van der Waals surface area contributed by atoms with Gasteiger partial charge in [-0.2, -0.15) is 0 Å². The maximum atomic E-state index is 12.1.